The molecule has 0 aliphatic heterocycles. The lowest BCUT2D eigenvalue weighted by atomic mass is 9.66. The van der Waals surface area contributed by atoms with Crippen LogP contribution in [-0.2, 0) is 15.0 Å². The molecule has 2 heteroatoms. The first-order valence-corrected chi connectivity index (χ1v) is 9.16. The van der Waals surface area contributed by atoms with Gasteiger partial charge in [0.1, 0.15) is 0 Å². The lowest BCUT2D eigenvalue weighted by molar-refractivity contribution is -0.116. The van der Waals surface area contributed by atoms with Crippen molar-refractivity contribution in [3.8, 4) is 0 Å². The molecule has 2 aliphatic rings. The van der Waals surface area contributed by atoms with Crippen LogP contribution in [0.2, 0.25) is 0 Å². The summed E-state index contributed by atoms with van der Waals surface area (Å²) in [5, 5.41) is 0. The van der Waals surface area contributed by atoms with E-state index in [2.05, 4.69) is 26.0 Å². The van der Waals surface area contributed by atoms with Crippen molar-refractivity contribution < 1.29 is 9.59 Å². The van der Waals surface area contributed by atoms with E-state index in [0.717, 1.165) is 12.0 Å². The van der Waals surface area contributed by atoms with E-state index in [0.29, 0.717) is 11.1 Å². The van der Waals surface area contributed by atoms with Crippen LogP contribution in [0.1, 0.15) is 39.7 Å². The number of carbonyl (C=O) groups excluding carboxylic acids is 2. The molecule has 134 valence electrons. The van der Waals surface area contributed by atoms with Crippen LogP contribution in [0.15, 0.2) is 77.9 Å². The fourth-order valence-electron chi connectivity index (χ4n) is 3.88. The van der Waals surface area contributed by atoms with Crippen molar-refractivity contribution in [2.45, 2.75) is 39.5 Å². The number of ketones is 2. The van der Waals surface area contributed by atoms with Gasteiger partial charge < -0.3 is 0 Å². The maximum absolute atomic E-state index is 13.0. The van der Waals surface area contributed by atoms with E-state index in [1.165, 1.54) is 0 Å². The summed E-state index contributed by atoms with van der Waals surface area (Å²) in [4.78, 5) is 25.9. The molecule has 0 bridgehead atoms. The van der Waals surface area contributed by atoms with Gasteiger partial charge in [0.05, 0.1) is 0 Å². The normalized spacial score (nSPS) is 20.8. The molecule has 0 aromatic heterocycles. The first kappa shape index (κ1) is 18.3. The molecule has 0 N–H and O–H groups in total. The molecule has 0 heterocycles. The highest BCUT2D eigenvalue weighted by atomic mass is 16.1. The van der Waals surface area contributed by atoms with Crippen LogP contribution in [-0.4, -0.2) is 11.6 Å². The van der Waals surface area contributed by atoms with E-state index in [9.17, 15) is 9.59 Å². The van der Waals surface area contributed by atoms with Crippen LogP contribution in [0.3, 0.4) is 0 Å². The Labute approximate surface area is 156 Å². The van der Waals surface area contributed by atoms with Gasteiger partial charge >= 0.3 is 0 Å². The highest BCUT2D eigenvalue weighted by Gasteiger charge is 2.40. The van der Waals surface area contributed by atoms with Crippen LogP contribution in [0.25, 0.3) is 0 Å². The Morgan fingerprint density at radius 2 is 1.46 bits per heavy atom. The van der Waals surface area contributed by atoms with Gasteiger partial charge in [0.25, 0.3) is 0 Å². The molecule has 0 fully saturated rings. The van der Waals surface area contributed by atoms with Gasteiger partial charge in [0.15, 0.2) is 11.6 Å². The van der Waals surface area contributed by atoms with Crippen LogP contribution < -0.4 is 0 Å². The van der Waals surface area contributed by atoms with Gasteiger partial charge in [-0.05, 0) is 30.1 Å². The standard InChI is InChI=1S/C24H26O2/c1-23(2,17-11-7-5-8-12-17)19-15-22(26)20(16-21(19)25)24(3,4)18-13-9-6-10-14-18/h5-13,15-16,18H,14H2,1-4H3. The van der Waals surface area contributed by atoms with Crippen molar-refractivity contribution >= 4 is 11.6 Å². The number of hydrogen-bond donors (Lipinski definition) is 0. The Morgan fingerprint density at radius 1 is 0.846 bits per heavy atom. The minimum atomic E-state index is -0.506. The Kier molecular flexibility index (Phi) is 4.70. The Hall–Kier alpha value is -2.48. The molecule has 1 aromatic rings. The van der Waals surface area contributed by atoms with E-state index < -0.39 is 5.41 Å². The maximum Gasteiger partial charge on any atom is 0.183 e. The average Bonchev–Trinajstić information content (AvgIpc) is 2.64. The quantitative estimate of drug-likeness (QED) is 0.709. The topological polar surface area (TPSA) is 34.1 Å². The third-order valence-electron chi connectivity index (χ3n) is 5.85. The van der Waals surface area contributed by atoms with Crippen LogP contribution in [0.5, 0.6) is 0 Å². The smallest absolute Gasteiger partial charge is 0.183 e. The van der Waals surface area contributed by atoms with Crippen molar-refractivity contribution in [1.82, 2.24) is 0 Å². The fraction of sp³-hybridized carbons (Fsp3) is 0.333. The molecule has 26 heavy (non-hydrogen) atoms. The summed E-state index contributed by atoms with van der Waals surface area (Å²) < 4.78 is 0. The van der Waals surface area contributed by atoms with E-state index in [1.807, 2.05) is 56.3 Å². The highest BCUT2D eigenvalue weighted by Crippen LogP contribution is 2.43. The first-order valence-electron chi connectivity index (χ1n) is 9.16. The molecule has 0 radical (unpaired) electrons. The largest absolute Gasteiger partial charge is 0.290 e. The molecular weight excluding hydrogens is 320 g/mol. The first-order chi connectivity index (χ1) is 12.2. The Bertz CT molecular complexity index is 845. The predicted octanol–water partition coefficient (Wildman–Crippen LogP) is 5.13. The van der Waals surface area contributed by atoms with Gasteiger partial charge in [-0.1, -0.05) is 82.3 Å². The fourth-order valence-corrected chi connectivity index (χ4v) is 3.88. The molecule has 0 amide bonds. The highest BCUT2D eigenvalue weighted by molar-refractivity contribution is 6.21. The van der Waals surface area contributed by atoms with Crippen LogP contribution in [0, 0.1) is 11.3 Å². The number of hydrogen-bond acceptors (Lipinski definition) is 2. The molecule has 3 rings (SSSR count). The summed E-state index contributed by atoms with van der Waals surface area (Å²) in [5.41, 5.74) is 1.32. The van der Waals surface area contributed by atoms with Gasteiger partial charge in [-0.2, -0.15) is 0 Å². The van der Waals surface area contributed by atoms with Crippen molar-refractivity contribution in [3.05, 3.63) is 83.5 Å². The van der Waals surface area contributed by atoms with Crippen molar-refractivity contribution in [2.24, 2.45) is 11.3 Å². The lowest BCUT2D eigenvalue weighted by Crippen LogP contribution is -2.34. The van der Waals surface area contributed by atoms with Crippen molar-refractivity contribution in [3.63, 3.8) is 0 Å². The summed E-state index contributed by atoms with van der Waals surface area (Å²) in [5.74, 6) is 0.112. The van der Waals surface area contributed by atoms with Gasteiger partial charge in [-0.3, -0.25) is 9.59 Å². The third kappa shape index (κ3) is 3.16. The monoisotopic (exact) mass is 346 g/mol. The van der Waals surface area contributed by atoms with E-state index in [4.69, 9.17) is 0 Å². The zero-order valence-corrected chi connectivity index (χ0v) is 16.0. The molecular formula is C24H26O2. The molecule has 1 atom stereocenters. The van der Waals surface area contributed by atoms with Crippen molar-refractivity contribution in [1.29, 1.82) is 0 Å². The predicted molar refractivity (Wildman–Crippen MR) is 106 cm³/mol. The second kappa shape index (κ2) is 6.68. The number of carbonyl (C=O) groups is 2. The SMILES string of the molecule is CC(C)(C1=CC(=O)C(C(C)(C)C2C=CC=CC2)=CC1=O)c1ccccc1. The Morgan fingerprint density at radius 3 is 2.08 bits per heavy atom. The minimum absolute atomic E-state index is 0.0449. The van der Waals surface area contributed by atoms with Gasteiger partial charge in [0.2, 0.25) is 0 Å². The van der Waals surface area contributed by atoms with Gasteiger partial charge in [-0.15, -0.1) is 0 Å². The lowest BCUT2D eigenvalue weighted by Gasteiger charge is -2.37. The Balaban J connectivity index is 1.93. The van der Waals surface area contributed by atoms with Crippen LogP contribution >= 0.6 is 0 Å². The summed E-state index contributed by atoms with van der Waals surface area (Å²) in [6.07, 6.45) is 12.3. The number of rotatable bonds is 4. The summed E-state index contributed by atoms with van der Waals surface area (Å²) in [6, 6.07) is 9.87. The van der Waals surface area contributed by atoms with Crippen LogP contribution in [0.4, 0.5) is 0 Å². The molecule has 1 unspecified atom stereocenters. The minimum Gasteiger partial charge on any atom is -0.290 e. The molecule has 2 aliphatic carbocycles. The molecule has 0 spiro atoms. The summed E-state index contributed by atoms with van der Waals surface area (Å²) in [6.45, 7) is 8.11. The molecule has 0 saturated carbocycles. The van der Waals surface area contributed by atoms with E-state index in [-0.39, 0.29) is 22.9 Å². The second-order valence-electron chi connectivity index (χ2n) is 8.21. The van der Waals surface area contributed by atoms with E-state index >= 15 is 0 Å². The zero-order valence-electron chi connectivity index (χ0n) is 16.0. The zero-order chi connectivity index (χ0) is 18.9. The molecule has 1 aromatic carbocycles. The summed E-state index contributed by atoms with van der Waals surface area (Å²) in [7, 11) is 0. The molecule has 2 nitrogen and oxygen atoms in total. The average molecular weight is 346 g/mol. The maximum atomic E-state index is 13.0. The van der Waals surface area contributed by atoms with E-state index in [1.54, 1.807) is 12.2 Å². The second-order valence-corrected chi connectivity index (χ2v) is 8.21. The summed E-state index contributed by atoms with van der Waals surface area (Å²) >= 11 is 0. The van der Waals surface area contributed by atoms with Crippen molar-refractivity contribution in [2.75, 3.05) is 0 Å². The third-order valence-corrected chi connectivity index (χ3v) is 5.85. The van der Waals surface area contributed by atoms with Gasteiger partial charge in [0, 0.05) is 22.0 Å². The molecule has 0 saturated heterocycles. The number of allylic oxidation sites excluding steroid dienone is 8. The van der Waals surface area contributed by atoms with Gasteiger partial charge in [-0.25, -0.2) is 0 Å². The number of benzene rings is 1.